The van der Waals surface area contributed by atoms with Gasteiger partial charge in [-0.2, -0.15) is 0 Å². The maximum Gasteiger partial charge on any atom is 0.141 e. The highest BCUT2D eigenvalue weighted by atomic mass is 35.5. The molecule has 0 spiro atoms. The van der Waals surface area contributed by atoms with Crippen molar-refractivity contribution in [3.8, 4) is 0 Å². The first kappa shape index (κ1) is 9.87. The zero-order valence-corrected chi connectivity index (χ0v) is 9.91. The number of nitrogens with zero attached hydrogens (tertiary/aromatic N) is 2. The topological polar surface area (TPSA) is 25.8 Å². The summed E-state index contributed by atoms with van der Waals surface area (Å²) in [7, 11) is 0. The van der Waals surface area contributed by atoms with Crippen molar-refractivity contribution in [2.24, 2.45) is 0 Å². The standard InChI is InChI=1S/C10H11ClN2S/c1-10(2,3)9-12-7(11)6-4-5-14-8(6)13-9/h4-5H,1-3H3. The van der Waals surface area contributed by atoms with Crippen LogP contribution in [0.25, 0.3) is 10.2 Å². The summed E-state index contributed by atoms with van der Waals surface area (Å²) in [6.45, 7) is 6.24. The molecule has 0 aromatic carbocycles. The van der Waals surface area contributed by atoms with Gasteiger partial charge in [0.05, 0.1) is 0 Å². The molecule has 0 saturated heterocycles. The van der Waals surface area contributed by atoms with Crippen molar-refractivity contribution in [3.05, 3.63) is 22.4 Å². The lowest BCUT2D eigenvalue weighted by atomic mass is 9.96. The smallest absolute Gasteiger partial charge is 0.141 e. The minimum Gasteiger partial charge on any atom is -0.221 e. The number of thiophene rings is 1. The molecular formula is C10H11ClN2S. The molecule has 0 radical (unpaired) electrons. The third-order valence-corrected chi connectivity index (χ3v) is 3.04. The Morgan fingerprint density at radius 1 is 1.29 bits per heavy atom. The summed E-state index contributed by atoms with van der Waals surface area (Å²) in [4.78, 5) is 9.76. The van der Waals surface area contributed by atoms with E-state index in [4.69, 9.17) is 11.6 Å². The minimum absolute atomic E-state index is 0.0537. The van der Waals surface area contributed by atoms with Crippen LogP contribution in [-0.4, -0.2) is 9.97 Å². The van der Waals surface area contributed by atoms with Crippen LogP contribution in [0.15, 0.2) is 11.4 Å². The van der Waals surface area contributed by atoms with E-state index in [9.17, 15) is 0 Å². The molecule has 14 heavy (non-hydrogen) atoms. The van der Waals surface area contributed by atoms with E-state index < -0.39 is 0 Å². The SMILES string of the molecule is CC(C)(C)c1nc(Cl)c2ccsc2n1. The Kier molecular flexibility index (Phi) is 2.24. The largest absolute Gasteiger partial charge is 0.221 e. The van der Waals surface area contributed by atoms with Crippen LogP contribution < -0.4 is 0 Å². The van der Waals surface area contributed by atoms with E-state index in [1.165, 1.54) is 0 Å². The van der Waals surface area contributed by atoms with E-state index in [0.29, 0.717) is 5.15 Å². The van der Waals surface area contributed by atoms with Crippen LogP contribution in [0.1, 0.15) is 26.6 Å². The highest BCUT2D eigenvalue weighted by Crippen LogP contribution is 2.28. The maximum atomic E-state index is 6.07. The van der Waals surface area contributed by atoms with Crippen LogP contribution >= 0.6 is 22.9 Å². The van der Waals surface area contributed by atoms with E-state index in [1.54, 1.807) is 11.3 Å². The predicted molar refractivity (Wildman–Crippen MR) is 61.1 cm³/mol. The van der Waals surface area contributed by atoms with Crippen LogP contribution in [0.5, 0.6) is 0 Å². The number of halogens is 1. The molecule has 2 aromatic heterocycles. The quantitative estimate of drug-likeness (QED) is 0.641. The Balaban J connectivity index is 2.70. The van der Waals surface area contributed by atoms with Crippen molar-refractivity contribution in [2.45, 2.75) is 26.2 Å². The van der Waals surface area contributed by atoms with Crippen LogP contribution in [0.2, 0.25) is 5.15 Å². The molecule has 2 nitrogen and oxygen atoms in total. The second-order valence-corrected chi connectivity index (χ2v) is 5.48. The second-order valence-electron chi connectivity index (χ2n) is 4.23. The van der Waals surface area contributed by atoms with Crippen molar-refractivity contribution in [1.29, 1.82) is 0 Å². The molecule has 0 unspecified atom stereocenters. The fourth-order valence-corrected chi connectivity index (χ4v) is 2.21. The molecule has 2 heterocycles. The Hall–Kier alpha value is -0.670. The molecule has 0 aliphatic carbocycles. The second kappa shape index (κ2) is 3.17. The van der Waals surface area contributed by atoms with E-state index >= 15 is 0 Å². The van der Waals surface area contributed by atoms with Gasteiger partial charge in [-0.15, -0.1) is 11.3 Å². The average Bonchev–Trinajstić information content (AvgIpc) is 2.50. The lowest BCUT2D eigenvalue weighted by Gasteiger charge is -2.16. The predicted octanol–water partition coefficient (Wildman–Crippen LogP) is 3.64. The lowest BCUT2D eigenvalue weighted by Crippen LogP contribution is -2.15. The van der Waals surface area contributed by atoms with Crippen LogP contribution in [0.3, 0.4) is 0 Å². The molecule has 0 atom stereocenters. The number of fused-ring (bicyclic) bond motifs is 1. The fraction of sp³-hybridized carbons (Fsp3) is 0.400. The Bertz CT molecular complexity index is 470. The molecular weight excluding hydrogens is 216 g/mol. The number of rotatable bonds is 0. The number of aromatic nitrogens is 2. The minimum atomic E-state index is -0.0537. The van der Waals surface area contributed by atoms with Gasteiger partial charge >= 0.3 is 0 Å². The summed E-state index contributed by atoms with van der Waals surface area (Å²) in [5, 5.41) is 3.49. The summed E-state index contributed by atoms with van der Waals surface area (Å²) in [5.74, 6) is 0.803. The summed E-state index contributed by atoms with van der Waals surface area (Å²) >= 11 is 7.66. The first-order valence-corrected chi connectivity index (χ1v) is 5.65. The van der Waals surface area contributed by atoms with Crippen LogP contribution in [0, 0.1) is 0 Å². The van der Waals surface area contributed by atoms with Gasteiger partial charge in [-0.1, -0.05) is 32.4 Å². The molecule has 0 amide bonds. The van der Waals surface area contributed by atoms with Gasteiger partial charge in [0.15, 0.2) is 0 Å². The first-order chi connectivity index (χ1) is 6.48. The van der Waals surface area contributed by atoms with Crippen molar-refractivity contribution >= 4 is 33.2 Å². The molecule has 2 rings (SSSR count). The molecule has 2 aromatic rings. The normalized spacial score (nSPS) is 12.3. The lowest BCUT2D eigenvalue weighted by molar-refractivity contribution is 0.549. The summed E-state index contributed by atoms with van der Waals surface area (Å²) < 4.78 is 0. The molecule has 74 valence electrons. The third-order valence-electron chi connectivity index (χ3n) is 1.95. The molecule has 0 bridgehead atoms. The summed E-state index contributed by atoms with van der Waals surface area (Å²) in [5.41, 5.74) is -0.0537. The monoisotopic (exact) mass is 226 g/mol. The summed E-state index contributed by atoms with van der Waals surface area (Å²) in [6.07, 6.45) is 0. The van der Waals surface area contributed by atoms with Crippen molar-refractivity contribution in [2.75, 3.05) is 0 Å². The van der Waals surface area contributed by atoms with E-state index in [0.717, 1.165) is 16.0 Å². The Morgan fingerprint density at radius 3 is 2.64 bits per heavy atom. The van der Waals surface area contributed by atoms with Gasteiger partial charge in [-0.3, -0.25) is 0 Å². The van der Waals surface area contributed by atoms with Crippen molar-refractivity contribution < 1.29 is 0 Å². The highest BCUT2D eigenvalue weighted by Gasteiger charge is 2.19. The van der Waals surface area contributed by atoms with Gasteiger partial charge in [-0.25, -0.2) is 9.97 Å². The van der Waals surface area contributed by atoms with Gasteiger partial charge < -0.3 is 0 Å². The van der Waals surface area contributed by atoms with Gasteiger partial charge in [0.25, 0.3) is 0 Å². The zero-order valence-electron chi connectivity index (χ0n) is 8.34. The molecule has 0 aliphatic heterocycles. The average molecular weight is 227 g/mol. The maximum absolute atomic E-state index is 6.07. The number of hydrogen-bond donors (Lipinski definition) is 0. The Morgan fingerprint density at radius 2 is 2.00 bits per heavy atom. The summed E-state index contributed by atoms with van der Waals surface area (Å²) in [6, 6.07) is 1.95. The van der Waals surface area contributed by atoms with E-state index in [-0.39, 0.29) is 5.41 Å². The van der Waals surface area contributed by atoms with Gasteiger partial charge in [0, 0.05) is 10.8 Å². The molecule has 0 fully saturated rings. The third kappa shape index (κ3) is 1.62. The van der Waals surface area contributed by atoms with Crippen LogP contribution in [0.4, 0.5) is 0 Å². The zero-order chi connectivity index (χ0) is 10.3. The molecule has 0 aliphatic rings. The van der Waals surface area contributed by atoms with Crippen LogP contribution in [-0.2, 0) is 5.41 Å². The highest BCUT2D eigenvalue weighted by molar-refractivity contribution is 7.16. The molecule has 4 heteroatoms. The van der Waals surface area contributed by atoms with Gasteiger partial charge in [0.1, 0.15) is 15.8 Å². The fourth-order valence-electron chi connectivity index (χ4n) is 1.15. The van der Waals surface area contributed by atoms with E-state index in [2.05, 4.69) is 30.7 Å². The molecule has 0 N–H and O–H groups in total. The molecule has 0 saturated carbocycles. The van der Waals surface area contributed by atoms with Gasteiger partial charge in [-0.05, 0) is 11.4 Å². The number of hydrogen-bond acceptors (Lipinski definition) is 3. The Labute approximate surface area is 92.0 Å². The van der Waals surface area contributed by atoms with Gasteiger partial charge in [0.2, 0.25) is 0 Å². The van der Waals surface area contributed by atoms with Crippen molar-refractivity contribution in [1.82, 2.24) is 9.97 Å². The first-order valence-electron chi connectivity index (χ1n) is 4.40. The van der Waals surface area contributed by atoms with E-state index in [1.807, 2.05) is 11.4 Å². The van der Waals surface area contributed by atoms with Crippen molar-refractivity contribution in [3.63, 3.8) is 0 Å².